The maximum Gasteiger partial charge on any atom is 0.133 e. The van der Waals surface area contributed by atoms with Crippen LogP contribution < -0.4 is 0 Å². The molecular weight excluding hydrogens is 112 g/mol. The molecule has 1 heteroatoms. The molecule has 0 N–H and O–H groups in total. The number of hydrogen-bond acceptors (Lipinski definition) is 1. The quantitative estimate of drug-likeness (QED) is 0.479. The average molecular weight is 124 g/mol. The van der Waals surface area contributed by atoms with Crippen molar-refractivity contribution in [2.75, 3.05) is 0 Å². The van der Waals surface area contributed by atoms with Crippen molar-refractivity contribution in [3.05, 3.63) is 0 Å². The summed E-state index contributed by atoms with van der Waals surface area (Å²) in [5, 5.41) is 0. The highest BCUT2D eigenvalue weighted by atomic mass is 16.1. The summed E-state index contributed by atoms with van der Waals surface area (Å²) in [6, 6.07) is 0. The first-order valence-corrected chi connectivity index (χ1v) is 3.79. The first-order valence-electron chi connectivity index (χ1n) is 3.79. The van der Waals surface area contributed by atoms with E-state index in [1.54, 1.807) is 0 Å². The number of fused-ring (bicyclic) bond motifs is 1. The van der Waals surface area contributed by atoms with E-state index in [0.717, 1.165) is 24.7 Å². The Morgan fingerprint density at radius 2 is 2.22 bits per heavy atom. The van der Waals surface area contributed by atoms with Crippen molar-refractivity contribution in [1.29, 1.82) is 0 Å². The van der Waals surface area contributed by atoms with Gasteiger partial charge in [-0.25, -0.2) is 0 Å². The summed E-state index contributed by atoms with van der Waals surface area (Å²) in [7, 11) is 0. The Morgan fingerprint density at radius 3 is 2.89 bits per heavy atom. The normalized spacial score (nSPS) is 48.6. The standard InChI is InChI=1S/C8H12O/c1-5-2-7(9)3-6-4-8(5)6/h5-6,8H,2-4H2,1H3. The molecule has 0 aliphatic heterocycles. The SMILES string of the molecule is CC1CC(=O)CC2CC12. The molecule has 0 aromatic heterocycles. The van der Waals surface area contributed by atoms with Crippen molar-refractivity contribution in [2.24, 2.45) is 17.8 Å². The highest BCUT2D eigenvalue weighted by molar-refractivity contribution is 5.80. The Hall–Kier alpha value is -0.330. The van der Waals surface area contributed by atoms with E-state index in [1.807, 2.05) is 0 Å². The molecule has 0 heterocycles. The summed E-state index contributed by atoms with van der Waals surface area (Å²) < 4.78 is 0. The van der Waals surface area contributed by atoms with Crippen LogP contribution in [0.4, 0.5) is 0 Å². The molecule has 2 rings (SSSR count). The predicted molar refractivity (Wildman–Crippen MR) is 35.0 cm³/mol. The van der Waals surface area contributed by atoms with Gasteiger partial charge in [-0.15, -0.1) is 0 Å². The van der Waals surface area contributed by atoms with Crippen molar-refractivity contribution < 1.29 is 4.79 Å². The largest absolute Gasteiger partial charge is 0.300 e. The molecule has 0 aromatic carbocycles. The maximum absolute atomic E-state index is 10.9. The van der Waals surface area contributed by atoms with Gasteiger partial charge in [-0.3, -0.25) is 4.79 Å². The van der Waals surface area contributed by atoms with Crippen LogP contribution in [-0.2, 0) is 4.79 Å². The highest BCUT2D eigenvalue weighted by Crippen LogP contribution is 2.51. The molecule has 0 bridgehead atoms. The molecule has 3 atom stereocenters. The second kappa shape index (κ2) is 1.59. The van der Waals surface area contributed by atoms with E-state index in [1.165, 1.54) is 6.42 Å². The van der Waals surface area contributed by atoms with Crippen molar-refractivity contribution in [1.82, 2.24) is 0 Å². The van der Waals surface area contributed by atoms with Gasteiger partial charge in [0.15, 0.2) is 0 Å². The van der Waals surface area contributed by atoms with Gasteiger partial charge in [-0.1, -0.05) is 6.92 Å². The molecule has 2 saturated carbocycles. The zero-order valence-corrected chi connectivity index (χ0v) is 5.76. The molecule has 2 aliphatic rings. The summed E-state index contributed by atoms with van der Waals surface area (Å²) >= 11 is 0. The van der Waals surface area contributed by atoms with Gasteiger partial charge in [0.2, 0.25) is 0 Å². The molecular formula is C8H12O. The van der Waals surface area contributed by atoms with E-state index in [9.17, 15) is 4.79 Å². The van der Waals surface area contributed by atoms with E-state index < -0.39 is 0 Å². The molecule has 50 valence electrons. The Kier molecular flexibility index (Phi) is 0.961. The third kappa shape index (κ3) is 0.790. The molecule has 0 saturated heterocycles. The second-order valence-corrected chi connectivity index (χ2v) is 3.58. The Balaban J connectivity index is 2.07. The van der Waals surface area contributed by atoms with Crippen LogP contribution in [0.3, 0.4) is 0 Å². The summed E-state index contributed by atoms with van der Waals surface area (Å²) in [5.41, 5.74) is 0. The zero-order chi connectivity index (χ0) is 6.43. The van der Waals surface area contributed by atoms with Gasteiger partial charge in [0.25, 0.3) is 0 Å². The fourth-order valence-electron chi connectivity index (χ4n) is 2.09. The lowest BCUT2D eigenvalue weighted by Gasteiger charge is -2.14. The minimum absolute atomic E-state index is 0.501. The van der Waals surface area contributed by atoms with Crippen LogP contribution in [0.25, 0.3) is 0 Å². The summed E-state index contributed by atoms with van der Waals surface area (Å²) in [5.74, 6) is 2.95. The van der Waals surface area contributed by atoms with Crippen LogP contribution in [-0.4, -0.2) is 5.78 Å². The summed E-state index contributed by atoms with van der Waals surface area (Å²) in [6.45, 7) is 2.21. The van der Waals surface area contributed by atoms with Gasteiger partial charge in [-0.2, -0.15) is 0 Å². The van der Waals surface area contributed by atoms with Crippen LogP contribution in [0.2, 0.25) is 0 Å². The Bertz CT molecular complexity index is 151. The molecule has 1 nitrogen and oxygen atoms in total. The Labute approximate surface area is 55.4 Å². The fourth-order valence-corrected chi connectivity index (χ4v) is 2.09. The Morgan fingerprint density at radius 1 is 1.44 bits per heavy atom. The summed E-state index contributed by atoms with van der Waals surface area (Å²) in [4.78, 5) is 10.9. The molecule has 9 heavy (non-hydrogen) atoms. The molecule has 2 fully saturated rings. The fraction of sp³-hybridized carbons (Fsp3) is 0.875. The van der Waals surface area contributed by atoms with Gasteiger partial charge in [-0.05, 0) is 24.2 Å². The molecule has 0 radical (unpaired) electrons. The van der Waals surface area contributed by atoms with Crippen LogP contribution in [0, 0.1) is 17.8 Å². The van der Waals surface area contributed by atoms with Crippen molar-refractivity contribution in [2.45, 2.75) is 26.2 Å². The number of hydrogen-bond donors (Lipinski definition) is 0. The van der Waals surface area contributed by atoms with Crippen LogP contribution in [0.15, 0.2) is 0 Å². The maximum atomic E-state index is 10.9. The van der Waals surface area contributed by atoms with E-state index in [2.05, 4.69) is 6.92 Å². The monoisotopic (exact) mass is 124 g/mol. The molecule has 2 aliphatic carbocycles. The smallest absolute Gasteiger partial charge is 0.133 e. The molecule has 0 amide bonds. The minimum Gasteiger partial charge on any atom is -0.300 e. The first kappa shape index (κ1) is 5.45. The number of carbonyl (C=O) groups is 1. The van der Waals surface area contributed by atoms with Crippen LogP contribution >= 0.6 is 0 Å². The molecule has 0 spiro atoms. The topological polar surface area (TPSA) is 17.1 Å². The lowest BCUT2D eigenvalue weighted by Crippen LogP contribution is -2.14. The lowest BCUT2D eigenvalue weighted by atomic mass is 9.90. The predicted octanol–water partition coefficient (Wildman–Crippen LogP) is 1.62. The number of ketones is 1. The van der Waals surface area contributed by atoms with Crippen LogP contribution in [0.1, 0.15) is 26.2 Å². The van der Waals surface area contributed by atoms with Gasteiger partial charge in [0.05, 0.1) is 0 Å². The lowest BCUT2D eigenvalue weighted by molar-refractivity contribution is -0.121. The van der Waals surface area contributed by atoms with E-state index in [-0.39, 0.29) is 0 Å². The number of Topliss-reactive ketones (excluding diaryl/α,β-unsaturated/α-hetero) is 1. The minimum atomic E-state index is 0.501. The molecule has 3 unspecified atom stereocenters. The first-order chi connectivity index (χ1) is 4.27. The zero-order valence-electron chi connectivity index (χ0n) is 5.76. The van der Waals surface area contributed by atoms with E-state index >= 15 is 0 Å². The average Bonchev–Trinajstić information content (AvgIpc) is 2.43. The van der Waals surface area contributed by atoms with Gasteiger partial charge >= 0.3 is 0 Å². The van der Waals surface area contributed by atoms with E-state index in [0.29, 0.717) is 11.7 Å². The third-order valence-electron chi connectivity index (χ3n) is 2.75. The van der Waals surface area contributed by atoms with Gasteiger partial charge in [0, 0.05) is 12.8 Å². The van der Waals surface area contributed by atoms with E-state index in [4.69, 9.17) is 0 Å². The summed E-state index contributed by atoms with van der Waals surface area (Å²) in [6.07, 6.45) is 3.10. The van der Waals surface area contributed by atoms with Crippen molar-refractivity contribution in [3.63, 3.8) is 0 Å². The van der Waals surface area contributed by atoms with Crippen LogP contribution in [0.5, 0.6) is 0 Å². The van der Waals surface area contributed by atoms with Crippen molar-refractivity contribution in [3.8, 4) is 0 Å². The number of rotatable bonds is 0. The molecule has 0 aromatic rings. The van der Waals surface area contributed by atoms with Gasteiger partial charge < -0.3 is 0 Å². The van der Waals surface area contributed by atoms with Crippen molar-refractivity contribution >= 4 is 5.78 Å². The number of carbonyl (C=O) groups excluding carboxylic acids is 1. The second-order valence-electron chi connectivity index (χ2n) is 3.58. The van der Waals surface area contributed by atoms with Gasteiger partial charge in [0.1, 0.15) is 5.78 Å². The highest BCUT2D eigenvalue weighted by Gasteiger charge is 2.45. The third-order valence-corrected chi connectivity index (χ3v) is 2.75.